The van der Waals surface area contributed by atoms with Gasteiger partial charge in [0.15, 0.2) is 0 Å². The molecule has 1 fully saturated rings. The zero-order valence-corrected chi connectivity index (χ0v) is 13.7. The zero-order valence-electron chi connectivity index (χ0n) is 12.1. The maximum absolute atomic E-state index is 8.91. The van der Waals surface area contributed by atoms with Crippen LogP contribution in [-0.4, -0.2) is 63.2 Å². The van der Waals surface area contributed by atoms with Gasteiger partial charge in [-0.2, -0.15) is 5.26 Å². The first kappa shape index (κ1) is 15.3. The molecule has 0 bridgehead atoms. The molecular formula is C15H21BrN4. The molecule has 1 heterocycles. The fourth-order valence-corrected chi connectivity index (χ4v) is 3.02. The van der Waals surface area contributed by atoms with Gasteiger partial charge in [0.2, 0.25) is 0 Å². The number of hydrogen-bond acceptors (Lipinski definition) is 4. The topological polar surface area (TPSA) is 33.5 Å². The lowest BCUT2D eigenvalue weighted by atomic mass is 10.2. The average Bonchev–Trinajstić information content (AvgIpc) is 2.45. The Balaban J connectivity index is 1.92. The average molecular weight is 337 g/mol. The van der Waals surface area contributed by atoms with E-state index in [9.17, 15) is 0 Å². The van der Waals surface area contributed by atoms with Gasteiger partial charge in [0, 0.05) is 43.7 Å². The van der Waals surface area contributed by atoms with Crippen molar-refractivity contribution in [1.29, 1.82) is 5.26 Å². The fourth-order valence-electron chi connectivity index (χ4n) is 2.39. The van der Waals surface area contributed by atoms with E-state index >= 15 is 0 Å². The third kappa shape index (κ3) is 3.95. The van der Waals surface area contributed by atoms with Gasteiger partial charge >= 0.3 is 0 Å². The summed E-state index contributed by atoms with van der Waals surface area (Å²) in [6, 6.07) is 7.99. The van der Waals surface area contributed by atoms with E-state index in [-0.39, 0.29) is 0 Å². The van der Waals surface area contributed by atoms with Gasteiger partial charge in [0.05, 0.1) is 17.3 Å². The lowest BCUT2D eigenvalue weighted by molar-refractivity contribution is 0.229. The van der Waals surface area contributed by atoms with Crippen LogP contribution in [0.1, 0.15) is 5.56 Å². The summed E-state index contributed by atoms with van der Waals surface area (Å²) in [4.78, 5) is 7.12. The van der Waals surface area contributed by atoms with Crippen molar-refractivity contribution in [3.63, 3.8) is 0 Å². The van der Waals surface area contributed by atoms with Gasteiger partial charge < -0.3 is 9.80 Å². The highest BCUT2D eigenvalue weighted by molar-refractivity contribution is 9.10. The van der Waals surface area contributed by atoms with Crippen LogP contribution in [0, 0.1) is 11.3 Å². The summed E-state index contributed by atoms with van der Waals surface area (Å²) < 4.78 is 1.01. The molecule has 1 saturated heterocycles. The molecule has 0 aromatic heterocycles. The molecular weight excluding hydrogens is 316 g/mol. The van der Waals surface area contributed by atoms with Gasteiger partial charge in [-0.3, -0.25) is 4.90 Å². The monoisotopic (exact) mass is 336 g/mol. The first-order valence-electron chi connectivity index (χ1n) is 6.92. The van der Waals surface area contributed by atoms with E-state index in [4.69, 9.17) is 5.26 Å². The van der Waals surface area contributed by atoms with Gasteiger partial charge in [-0.05, 0) is 48.2 Å². The molecule has 0 spiro atoms. The molecule has 20 heavy (non-hydrogen) atoms. The summed E-state index contributed by atoms with van der Waals surface area (Å²) in [5.74, 6) is 0. The number of benzene rings is 1. The molecule has 0 radical (unpaired) electrons. The van der Waals surface area contributed by atoms with Crippen LogP contribution in [0.5, 0.6) is 0 Å². The highest BCUT2D eigenvalue weighted by atomic mass is 79.9. The van der Waals surface area contributed by atoms with Gasteiger partial charge in [0.1, 0.15) is 0 Å². The van der Waals surface area contributed by atoms with E-state index in [2.05, 4.69) is 50.8 Å². The predicted molar refractivity (Wildman–Crippen MR) is 86.1 cm³/mol. The number of halogens is 1. The van der Waals surface area contributed by atoms with E-state index in [1.54, 1.807) is 0 Å². The van der Waals surface area contributed by atoms with Crippen molar-refractivity contribution in [3.8, 4) is 6.07 Å². The number of rotatable bonds is 4. The molecule has 0 N–H and O–H groups in total. The Morgan fingerprint density at radius 3 is 2.50 bits per heavy atom. The summed E-state index contributed by atoms with van der Waals surface area (Å²) in [7, 11) is 4.23. The molecule has 1 aliphatic heterocycles. The Bertz CT molecular complexity index is 487. The minimum absolute atomic E-state index is 0.699. The summed E-state index contributed by atoms with van der Waals surface area (Å²) in [5, 5.41) is 8.91. The van der Waals surface area contributed by atoms with Crippen LogP contribution in [0.4, 0.5) is 5.69 Å². The molecule has 0 unspecified atom stereocenters. The largest absolute Gasteiger partial charge is 0.368 e. The molecule has 108 valence electrons. The van der Waals surface area contributed by atoms with E-state index in [0.29, 0.717) is 5.56 Å². The van der Waals surface area contributed by atoms with Gasteiger partial charge in [0.25, 0.3) is 0 Å². The van der Waals surface area contributed by atoms with Crippen LogP contribution in [0.2, 0.25) is 0 Å². The van der Waals surface area contributed by atoms with Crippen molar-refractivity contribution in [2.75, 3.05) is 58.3 Å². The second kappa shape index (κ2) is 7.07. The Hall–Kier alpha value is -1.09. The van der Waals surface area contributed by atoms with Gasteiger partial charge in [-0.1, -0.05) is 0 Å². The number of nitriles is 1. The standard InChI is InChI=1S/C15H21BrN4/c1-18(2)5-6-19-7-9-20(10-8-19)15-4-3-13(12-17)11-14(15)16/h3-4,11H,5-10H2,1-2H3. The molecule has 0 saturated carbocycles. The molecule has 0 amide bonds. The smallest absolute Gasteiger partial charge is 0.0992 e. The highest BCUT2D eigenvalue weighted by Gasteiger charge is 2.18. The second-order valence-corrected chi connectivity index (χ2v) is 6.26. The Kier molecular flexibility index (Phi) is 5.41. The van der Waals surface area contributed by atoms with Crippen molar-refractivity contribution >= 4 is 21.6 Å². The predicted octanol–water partition coefficient (Wildman–Crippen LogP) is 2.00. The lowest BCUT2D eigenvalue weighted by Crippen LogP contribution is -2.48. The molecule has 1 aliphatic rings. The van der Waals surface area contributed by atoms with E-state index in [1.165, 1.54) is 5.69 Å². The first-order chi connectivity index (χ1) is 9.60. The molecule has 5 heteroatoms. The molecule has 0 atom stereocenters. The third-order valence-corrected chi connectivity index (χ3v) is 4.29. The van der Waals surface area contributed by atoms with Gasteiger partial charge in [-0.25, -0.2) is 0 Å². The molecule has 4 nitrogen and oxygen atoms in total. The van der Waals surface area contributed by atoms with E-state index in [1.807, 2.05) is 18.2 Å². The van der Waals surface area contributed by atoms with Gasteiger partial charge in [-0.15, -0.1) is 0 Å². The first-order valence-corrected chi connectivity index (χ1v) is 7.71. The van der Waals surface area contributed by atoms with Crippen molar-refractivity contribution in [1.82, 2.24) is 9.80 Å². The van der Waals surface area contributed by atoms with Crippen molar-refractivity contribution in [2.24, 2.45) is 0 Å². The Morgan fingerprint density at radius 2 is 1.95 bits per heavy atom. The normalized spacial score (nSPS) is 16.4. The summed E-state index contributed by atoms with van der Waals surface area (Å²) in [6.07, 6.45) is 0. The van der Waals surface area contributed by atoms with Crippen molar-refractivity contribution in [3.05, 3.63) is 28.2 Å². The SMILES string of the molecule is CN(C)CCN1CCN(c2ccc(C#N)cc2Br)CC1. The van der Waals surface area contributed by atoms with Crippen LogP contribution >= 0.6 is 15.9 Å². The molecule has 1 aromatic rings. The van der Waals surface area contributed by atoms with Crippen LogP contribution < -0.4 is 4.90 Å². The second-order valence-electron chi connectivity index (χ2n) is 5.41. The number of hydrogen-bond donors (Lipinski definition) is 0. The third-order valence-electron chi connectivity index (χ3n) is 3.65. The summed E-state index contributed by atoms with van der Waals surface area (Å²) in [5.41, 5.74) is 1.89. The quantitative estimate of drug-likeness (QED) is 0.842. The number of piperazine rings is 1. The van der Waals surface area contributed by atoms with Crippen LogP contribution in [0.15, 0.2) is 22.7 Å². The number of anilines is 1. The molecule has 1 aromatic carbocycles. The minimum atomic E-state index is 0.699. The maximum atomic E-state index is 8.91. The molecule has 0 aliphatic carbocycles. The Morgan fingerprint density at radius 1 is 1.25 bits per heavy atom. The zero-order chi connectivity index (χ0) is 14.5. The lowest BCUT2D eigenvalue weighted by Gasteiger charge is -2.37. The fraction of sp³-hybridized carbons (Fsp3) is 0.533. The van der Waals surface area contributed by atoms with Crippen LogP contribution in [-0.2, 0) is 0 Å². The summed E-state index contributed by atoms with van der Waals surface area (Å²) >= 11 is 3.58. The van der Waals surface area contributed by atoms with Crippen molar-refractivity contribution < 1.29 is 0 Å². The molecule has 2 rings (SSSR count). The number of likely N-dealkylation sites (N-methyl/N-ethyl adjacent to an activating group) is 1. The van der Waals surface area contributed by atoms with Crippen LogP contribution in [0.25, 0.3) is 0 Å². The van der Waals surface area contributed by atoms with Crippen LogP contribution in [0.3, 0.4) is 0 Å². The number of nitrogens with zero attached hydrogens (tertiary/aromatic N) is 4. The highest BCUT2D eigenvalue weighted by Crippen LogP contribution is 2.28. The summed E-state index contributed by atoms with van der Waals surface area (Å²) in [6.45, 7) is 6.52. The van der Waals surface area contributed by atoms with Crippen molar-refractivity contribution in [2.45, 2.75) is 0 Å². The van der Waals surface area contributed by atoms with E-state index in [0.717, 1.165) is 43.7 Å². The maximum Gasteiger partial charge on any atom is 0.0992 e. The van der Waals surface area contributed by atoms with E-state index < -0.39 is 0 Å². The Labute approximate surface area is 129 Å². The minimum Gasteiger partial charge on any atom is -0.368 e.